The molecule has 9 heteroatoms. The van der Waals surface area contributed by atoms with Gasteiger partial charge in [0.05, 0.1) is 5.75 Å². The van der Waals surface area contributed by atoms with Gasteiger partial charge in [-0.15, -0.1) is 0 Å². The van der Waals surface area contributed by atoms with Crippen LogP contribution in [0.4, 0.5) is 5.13 Å². The number of hydrogen-bond donors (Lipinski definition) is 1. The Bertz CT molecular complexity index is 957. The molecule has 0 spiro atoms. The molecule has 0 atom stereocenters. The fraction of sp³-hybridized carbons (Fsp3) is 0.368. The van der Waals surface area contributed by atoms with Gasteiger partial charge in [0.15, 0.2) is 10.8 Å². The zero-order chi connectivity index (χ0) is 19.3. The molecule has 1 aliphatic rings. The van der Waals surface area contributed by atoms with E-state index < -0.39 is 0 Å². The normalized spacial score (nSPS) is 14.0. The van der Waals surface area contributed by atoms with E-state index in [1.54, 1.807) is 11.3 Å². The van der Waals surface area contributed by atoms with Gasteiger partial charge in [-0.1, -0.05) is 46.8 Å². The number of carbonyl (C=O) groups excluding carboxylic acids is 1. The highest BCUT2D eigenvalue weighted by molar-refractivity contribution is 8.00. The van der Waals surface area contributed by atoms with Gasteiger partial charge in [0, 0.05) is 24.7 Å². The van der Waals surface area contributed by atoms with Crippen molar-refractivity contribution in [2.24, 2.45) is 0 Å². The molecule has 0 radical (unpaired) electrons. The van der Waals surface area contributed by atoms with Crippen LogP contribution in [-0.4, -0.2) is 46.2 Å². The number of nitrogens with one attached hydrogen (secondary N) is 1. The van der Waals surface area contributed by atoms with Gasteiger partial charge in [0.2, 0.25) is 5.91 Å². The van der Waals surface area contributed by atoms with Crippen molar-refractivity contribution < 1.29 is 4.79 Å². The highest BCUT2D eigenvalue weighted by Gasteiger charge is 2.19. The molecule has 0 aliphatic carbocycles. The smallest absolute Gasteiger partial charge is 0.230 e. The summed E-state index contributed by atoms with van der Waals surface area (Å²) in [7, 11) is 0. The second-order valence-electron chi connectivity index (χ2n) is 6.54. The number of halogens is 1. The van der Waals surface area contributed by atoms with Gasteiger partial charge in [-0.05, 0) is 37.0 Å². The highest BCUT2D eigenvalue weighted by atomic mass is 35.5. The van der Waals surface area contributed by atoms with Crippen molar-refractivity contribution in [2.75, 3.05) is 30.3 Å². The van der Waals surface area contributed by atoms with Gasteiger partial charge >= 0.3 is 0 Å². The summed E-state index contributed by atoms with van der Waals surface area (Å²) in [5.41, 5.74) is 1.86. The van der Waals surface area contributed by atoms with Crippen LogP contribution in [0.25, 0.3) is 10.3 Å². The van der Waals surface area contributed by atoms with Gasteiger partial charge in [0.1, 0.15) is 16.1 Å². The van der Waals surface area contributed by atoms with E-state index in [2.05, 4.69) is 25.2 Å². The Morgan fingerprint density at radius 2 is 2.00 bits per heavy atom. The van der Waals surface area contributed by atoms with Crippen LogP contribution in [0.15, 0.2) is 35.6 Å². The summed E-state index contributed by atoms with van der Waals surface area (Å²) in [5.74, 6) is 0.318. The molecule has 6 nitrogen and oxygen atoms in total. The van der Waals surface area contributed by atoms with Crippen LogP contribution in [0.1, 0.15) is 18.4 Å². The first-order valence-electron chi connectivity index (χ1n) is 9.19. The van der Waals surface area contributed by atoms with Crippen molar-refractivity contribution in [2.45, 2.75) is 24.3 Å². The third kappa shape index (κ3) is 4.74. The van der Waals surface area contributed by atoms with Gasteiger partial charge < -0.3 is 10.2 Å². The summed E-state index contributed by atoms with van der Waals surface area (Å²) in [6, 6.07) is 7.67. The lowest BCUT2D eigenvalue weighted by atomic mass is 10.1. The van der Waals surface area contributed by atoms with Crippen molar-refractivity contribution in [1.82, 2.24) is 20.3 Å². The van der Waals surface area contributed by atoms with E-state index in [0.29, 0.717) is 17.9 Å². The first-order valence-corrected chi connectivity index (χ1v) is 11.4. The van der Waals surface area contributed by atoms with Crippen LogP contribution < -0.4 is 10.2 Å². The number of anilines is 1. The first kappa shape index (κ1) is 19.4. The minimum absolute atomic E-state index is 0.00462. The SMILES string of the molecule is O=C(CSc1ncnc2nc(N3CCCC3)sc12)NCCc1ccc(Cl)cc1. The molecule has 0 saturated carbocycles. The maximum atomic E-state index is 12.2. The number of rotatable bonds is 7. The number of thiazole rings is 1. The Morgan fingerprint density at radius 3 is 2.79 bits per heavy atom. The molecular formula is C19H20ClN5OS2. The van der Waals surface area contributed by atoms with Crippen LogP contribution in [0, 0.1) is 0 Å². The average molecular weight is 434 g/mol. The van der Waals surface area contributed by atoms with Crippen molar-refractivity contribution in [3.8, 4) is 0 Å². The summed E-state index contributed by atoms with van der Waals surface area (Å²) in [4.78, 5) is 27.8. The number of fused-ring (bicyclic) bond motifs is 1. The number of carbonyl (C=O) groups is 1. The van der Waals surface area contributed by atoms with E-state index in [0.717, 1.165) is 45.0 Å². The molecule has 2 aromatic heterocycles. The van der Waals surface area contributed by atoms with E-state index in [9.17, 15) is 4.79 Å². The molecule has 1 fully saturated rings. The predicted octanol–water partition coefficient (Wildman–Crippen LogP) is 3.79. The van der Waals surface area contributed by atoms with Crippen LogP contribution in [-0.2, 0) is 11.2 Å². The molecule has 1 aromatic carbocycles. The van der Waals surface area contributed by atoms with Crippen molar-refractivity contribution in [3.63, 3.8) is 0 Å². The Hall–Kier alpha value is -1.90. The maximum absolute atomic E-state index is 12.2. The topological polar surface area (TPSA) is 71.0 Å². The van der Waals surface area contributed by atoms with E-state index in [-0.39, 0.29) is 5.91 Å². The lowest BCUT2D eigenvalue weighted by molar-refractivity contribution is -0.118. The number of benzene rings is 1. The van der Waals surface area contributed by atoms with E-state index in [1.165, 1.54) is 30.9 Å². The highest BCUT2D eigenvalue weighted by Crippen LogP contribution is 2.34. The summed E-state index contributed by atoms with van der Waals surface area (Å²) < 4.78 is 0.961. The molecule has 1 N–H and O–H groups in total. The number of nitrogens with zero attached hydrogens (tertiary/aromatic N) is 4. The second kappa shape index (κ2) is 9.07. The van der Waals surface area contributed by atoms with Crippen LogP contribution in [0.5, 0.6) is 0 Å². The molecular weight excluding hydrogens is 414 g/mol. The molecule has 1 amide bonds. The minimum Gasteiger partial charge on any atom is -0.355 e. The largest absolute Gasteiger partial charge is 0.355 e. The third-order valence-electron chi connectivity index (χ3n) is 4.51. The third-order valence-corrected chi connectivity index (χ3v) is 7.00. The second-order valence-corrected chi connectivity index (χ2v) is 8.92. The molecule has 3 aromatic rings. The van der Waals surface area contributed by atoms with Gasteiger partial charge in [0.25, 0.3) is 0 Å². The van der Waals surface area contributed by atoms with Crippen LogP contribution in [0.3, 0.4) is 0 Å². The number of amides is 1. The van der Waals surface area contributed by atoms with Gasteiger partial charge in [-0.2, -0.15) is 4.98 Å². The fourth-order valence-corrected chi connectivity index (χ4v) is 5.15. The fourth-order valence-electron chi connectivity index (χ4n) is 3.05. The van der Waals surface area contributed by atoms with E-state index in [4.69, 9.17) is 11.6 Å². The lowest BCUT2D eigenvalue weighted by Gasteiger charge is -2.11. The van der Waals surface area contributed by atoms with E-state index >= 15 is 0 Å². The van der Waals surface area contributed by atoms with Crippen molar-refractivity contribution >= 4 is 56.1 Å². The minimum atomic E-state index is -0.00462. The molecule has 28 heavy (non-hydrogen) atoms. The van der Waals surface area contributed by atoms with E-state index in [1.807, 2.05) is 24.3 Å². The standard InChI is InChI=1S/C19H20ClN5OS2/c20-14-5-3-13(4-6-14)7-8-21-15(26)11-27-18-16-17(22-12-23-18)24-19(28-16)25-9-1-2-10-25/h3-6,12H,1-2,7-11H2,(H,21,26). The molecule has 0 unspecified atom stereocenters. The van der Waals surface area contributed by atoms with Gasteiger partial charge in [-0.25, -0.2) is 9.97 Å². The molecule has 1 aliphatic heterocycles. The monoisotopic (exact) mass is 433 g/mol. The summed E-state index contributed by atoms with van der Waals surface area (Å²) in [6.07, 6.45) is 4.72. The Morgan fingerprint density at radius 1 is 1.21 bits per heavy atom. The zero-order valence-corrected chi connectivity index (χ0v) is 17.6. The molecule has 0 bridgehead atoms. The van der Waals surface area contributed by atoms with Crippen LogP contribution >= 0.6 is 34.7 Å². The lowest BCUT2D eigenvalue weighted by Crippen LogP contribution is -2.27. The Labute approximate surface area is 176 Å². The molecule has 3 heterocycles. The number of aromatic nitrogens is 3. The number of thioether (sulfide) groups is 1. The summed E-state index contributed by atoms with van der Waals surface area (Å²) in [5, 5.41) is 5.50. The summed E-state index contributed by atoms with van der Waals surface area (Å²) in [6.45, 7) is 2.69. The first-order chi connectivity index (χ1) is 13.7. The quantitative estimate of drug-likeness (QED) is 0.451. The molecule has 4 rings (SSSR count). The van der Waals surface area contributed by atoms with Crippen molar-refractivity contribution in [3.05, 3.63) is 41.2 Å². The predicted molar refractivity (Wildman–Crippen MR) is 116 cm³/mol. The summed E-state index contributed by atoms with van der Waals surface area (Å²) >= 11 is 8.94. The number of hydrogen-bond acceptors (Lipinski definition) is 7. The molecule has 146 valence electrons. The van der Waals surface area contributed by atoms with Crippen LogP contribution in [0.2, 0.25) is 5.02 Å². The molecule has 1 saturated heterocycles. The average Bonchev–Trinajstić information content (AvgIpc) is 3.37. The van der Waals surface area contributed by atoms with Gasteiger partial charge in [-0.3, -0.25) is 4.79 Å². The Kier molecular flexibility index (Phi) is 6.29. The maximum Gasteiger partial charge on any atom is 0.230 e. The Balaban J connectivity index is 1.31. The zero-order valence-electron chi connectivity index (χ0n) is 15.2. The van der Waals surface area contributed by atoms with Crippen molar-refractivity contribution in [1.29, 1.82) is 0 Å².